The van der Waals surface area contributed by atoms with Crippen LogP contribution in [0.25, 0.3) is 0 Å². The number of cyclic esters (lactones) is 1. The molecule has 2 rings (SSSR count). The summed E-state index contributed by atoms with van der Waals surface area (Å²) in [5.74, 6) is 0.903. The predicted molar refractivity (Wildman–Crippen MR) is 57.0 cm³/mol. The summed E-state index contributed by atoms with van der Waals surface area (Å²) in [6.45, 7) is 5.06. The number of hydrogen-bond donors (Lipinski definition) is 0. The number of esters is 1. The number of ether oxygens (including phenoxy) is 1. The SMILES string of the molecule is CCCC.O=C1OCC2CCCCC12. The zero-order valence-electron chi connectivity index (χ0n) is 9.42. The van der Waals surface area contributed by atoms with Gasteiger partial charge in [-0.1, -0.05) is 39.5 Å². The number of carbonyl (C=O) groups excluding carboxylic acids is 1. The van der Waals surface area contributed by atoms with Crippen molar-refractivity contribution in [3.05, 3.63) is 0 Å². The quantitative estimate of drug-likeness (QED) is 0.605. The van der Waals surface area contributed by atoms with Crippen LogP contribution in [0.3, 0.4) is 0 Å². The monoisotopic (exact) mass is 198 g/mol. The molecule has 0 amide bonds. The van der Waals surface area contributed by atoms with Crippen molar-refractivity contribution >= 4 is 5.97 Å². The number of carbonyl (C=O) groups is 1. The predicted octanol–water partition coefficient (Wildman–Crippen LogP) is 3.16. The van der Waals surface area contributed by atoms with Crippen molar-refractivity contribution in [3.8, 4) is 0 Å². The first-order valence-electron chi connectivity index (χ1n) is 5.96. The van der Waals surface area contributed by atoms with Gasteiger partial charge in [0.2, 0.25) is 0 Å². The molecule has 14 heavy (non-hydrogen) atoms. The van der Waals surface area contributed by atoms with Crippen molar-refractivity contribution in [1.82, 2.24) is 0 Å². The summed E-state index contributed by atoms with van der Waals surface area (Å²) in [4.78, 5) is 11.0. The molecule has 0 N–H and O–H groups in total. The molecule has 0 bridgehead atoms. The van der Waals surface area contributed by atoms with Gasteiger partial charge in [0.25, 0.3) is 0 Å². The highest BCUT2D eigenvalue weighted by atomic mass is 16.5. The fourth-order valence-electron chi connectivity index (χ4n) is 2.01. The first kappa shape index (κ1) is 11.5. The highest BCUT2D eigenvalue weighted by Gasteiger charge is 2.37. The number of hydrogen-bond acceptors (Lipinski definition) is 2. The van der Waals surface area contributed by atoms with Gasteiger partial charge < -0.3 is 4.74 Å². The second-order valence-corrected chi connectivity index (χ2v) is 4.28. The Morgan fingerprint density at radius 3 is 2.43 bits per heavy atom. The van der Waals surface area contributed by atoms with Gasteiger partial charge in [-0.25, -0.2) is 0 Å². The molecule has 2 atom stereocenters. The Morgan fingerprint density at radius 2 is 1.86 bits per heavy atom. The average Bonchev–Trinajstić information content (AvgIpc) is 2.62. The molecule has 2 heteroatoms. The normalized spacial score (nSPS) is 30.0. The second-order valence-electron chi connectivity index (χ2n) is 4.28. The van der Waals surface area contributed by atoms with Crippen LogP contribution >= 0.6 is 0 Å². The second kappa shape index (κ2) is 6.05. The average molecular weight is 198 g/mol. The van der Waals surface area contributed by atoms with Crippen LogP contribution in [-0.4, -0.2) is 12.6 Å². The van der Waals surface area contributed by atoms with Crippen molar-refractivity contribution in [2.75, 3.05) is 6.61 Å². The third-order valence-electron chi connectivity index (χ3n) is 3.15. The molecule has 1 saturated carbocycles. The Bertz CT molecular complexity index is 175. The van der Waals surface area contributed by atoms with E-state index in [1.165, 1.54) is 32.1 Å². The number of fused-ring (bicyclic) bond motifs is 1. The molecule has 0 aromatic rings. The van der Waals surface area contributed by atoms with E-state index in [1.807, 2.05) is 0 Å². The van der Waals surface area contributed by atoms with Gasteiger partial charge in [-0.15, -0.1) is 0 Å². The van der Waals surface area contributed by atoms with Crippen LogP contribution in [0.1, 0.15) is 52.4 Å². The van der Waals surface area contributed by atoms with Gasteiger partial charge in [0.05, 0.1) is 12.5 Å². The largest absolute Gasteiger partial charge is 0.465 e. The van der Waals surface area contributed by atoms with Crippen LogP contribution < -0.4 is 0 Å². The van der Waals surface area contributed by atoms with E-state index in [2.05, 4.69) is 13.8 Å². The molecular formula is C12H22O2. The van der Waals surface area contributed by atoms with E-state index in [9.17, 15) is 4.79 Å². The highest BCUT2D eigenvalue weighted by Crippen LogP contribution is 2.35. The van der Waals surface area contributed by atoms with Crippen LogP contribution in [0.5, 0.6) is 0 Å². The fraction of sp³-hybridized carbons (Fsp3) is 0.917. The minimum atomic E-state index is 0.0599. The van der Waals surface area contributed by atoms with Crippen molar-refractivity contribution in [3.63, 3.8) is 0 Å². The summed E-state index contributed by atoms with van der Waals surface area (Å²) in [7, 11) is 0. The molecule has 2 unspecified atom stereocenters. The summed E-state index contributed by atoms with van der Waals surface area (Å²) in [6, 6.07) is 0. The molecule has 1 heterocycles. The van der Waals surface area contributed by atoms with Crippen molar-refractivity contribution < 1.29 is 9.53 Å². The molecule has 0 aromatic carbocycles. The van der Waals surface area contributed by atoms with Crippen LogP contribution in [0.2, 0.25) is 0 Å². The van der Waals surface area contributed by atoms with Crippen molar-refractivity contribution in [2.24, 2.45) is 11.8 Å². The first-order valence-corrected chi connectivity index (χ1v) is 5.96. The maximum Gasteiger partial charge on any atom is 0.309 e. The van der Waals surface area contributed by atoms with E-state index in [-0.39, 0.29) is 11.9 Å². The lowest BCUT2D eigenvalue weighted by Gasteiger charge is -2.19. The van der Waals surface area contributed by atoms with Crippen LogP contribution in [0.4, 0.5) is 0 Å². The zero-order chi connectivity index (χ0) is 10.4. The third-order valence-corrected chi connectivity index (χ3v) is 3.15. The number of unbranched alkanes of at least 4 members (excludes halogenated alkanes) is 1. The van der Waals surface area contributed by atoms with Gasteiger partial charge in [0.1, 0.15) is 0 Å². The Hall–Kier alpha value is -0.530. The molecular weight excluding hydrogens is 176 g/mol. The summed E-state index contributed by atoms with van der Waals surface area (Å²) in [6.07, 6.45) is 7.42. The number of rotatable bonds is 1. The maximum atomic E-state index is 11.0. The zero-order valence-corrected chi connectivity index (χ0v) is 9.42. The van der Waals surface area contributed by atoms with Crippen LogP contribution in [0.15, 0.2) is 0 Å². The molecule has 1 aliphatic carbocycles. The summed E-state index contributed by atoms with van der Waals surface area (Å²) in [5.41, 5.74) is 0. The van der Waals surface area contributed by atoms with E-state index in [1.54, 1.807) is 0 Å². The summed E-state index contributed by atoms with van der Waals surface area (Å²) >= 11 is 0. The van der Waals surface area contributed by atoms with E-state index < -0.39 is 0 Å². The highest BCUT2D eigenvalue weighted by molar-refractivity contribution is 5.74. The molecule has 0 radical (unpaired) electrons. The molecule has 82 valence electrons. The first-order chi connectivity index (χ1) is 6.79. The third kappa shape index (κ3) is 3.00. The van der Waals surface area contributed by atoms with Gasteiger partial charge >= 0.3 is 5.97 Å². The topological polar surface area (TPSA) is 26.3 Å². The minimum Gasteiger partial charge on any atom is -0.465 e. The summed E-state index contributed by atoms with van der Waals surface area (Å²) < 4.78 is 4.96. The lowest BCUT2D eigenvalue weighted by atomic mass is 9.81. The summed E-state index contributed by atoms with van der Waals surface area (Å²) in [5, 5.41) is 0. The Labute approximate surface area is 87.0 Å². The van der Waals surface area contributed by atoms with Gasteiger partial charge in [-0.2, -0.15) is 0 Å². The van der Waals surface area contributed by atoms with E-state index >= 15 is 0 Å². The molecule has 0 spiro atoms. The van der Waals surface area contributed by atoms with Gasteiger partial charge in [0.15, 0.2) is 0 Å². The van der Waals surface area contributed by atoms with Gasteiger partial charge in [-0.3, -0.25) is 4.79 Å². The van der Waals surface area contributed by atoms with E-state index in [4.69, 9.17) is 4.74 Å². The lowest BCUT2D eigenvalue weighted by Crippen LogP contribution is -2.19. The van der Waals surface area contributed by atoms with E-state index in [0.29, 0.717) is 12.5 Å². The van der Waals surface area contributed by atoms with Crippen molar-refractivity contribution in [2.45, 2.75) is 52.4 Å². The molecule has 2 fully saturated rings. The van der Waals surface area contributed by atoms with Gasteiger partial charge in [0, 0.05) is 5.92 Å². The molecule has 2 nitrogen and oxygen atoms in total. The fourth-order valence-corrected chi connectivity index (χ4v) is 2.01. The van der Waals surface area contributed by atoms with Crippen molar-refractivity contribution in [1.29, 1.82) is 0 Å². The van der Waals surface area contributed by atoms with Crippen LogP contribution in [-0.2, 0) is 9.53 Å². The molecule has 2 aliphatic rings. The Morgan fingerprint density at radius 1 is 1.21 bits per heavy atom. The molecule has 0 aromatic heterocycles. The Balaban J connectivity index is 0.000000213. The van der Waals surface area contributed by atoms with Crippen LogP contribution in [0, 0.1) is 11.8 Å². The standard InChI is InChI=1S/C8H12O2.C4H10/c9-8-7-4-2-1-3-6(7)5-10-8;1-3-4-2/h6-7H,1-5H2;3-4H2,1-2H3. The molecule has 1 aliphatic heterocycles. The molecule has 1 saturated heterocycles. The maximum absolute atomic E-state index is 11.0. The van der Waals surface area contributed by atoms with Gasteiger partial charge in [-0.05, 0) is 12.8 Å². The smallest absolute Gasteiger partial charge is 0.309 e. The van der Waals surface area contributed by atoms with E-state index in [0.717, 1.165) is 6.42 Å². The lowest BCUT2D eigenvalue weighted by molar-refractivity contribution is -0.141. The minimum absolute atomic E-state index is 0.0599. The Kier molecular flexibility index (Phi) is 4.99.